The Morgan fingerprint density at radius 2 is 1.94 bits per heavy atom. The molecule has 4 rings (SSSR count). The summed E-state index contributed by atoms with van der Waals surface area (Å²) in [6, 6.07) is 21.1. The Labute approximate surface area is 183 Å². The number of rotatable bonds is 6. The number of aromatic nitrogens is 1. The number of nitriles is 1. The number of aldehydes is 1. The van der Waals surface area contributed by atoms with Crippen LogP contribution in [-0.4, -0.2) is 28.1 Å². The van der Waals surface area contributed by atoms with Crippen molar-refractivity contribution in [3.05, 3.63) is 101 Å². The number of nitrogens with zero attached hydrogens (tertiary/aromatic N) is 3. The van der Waals surface area contributed by atoms with E-state index >= 15 is 0 Å². The third-order valence-electron chi connectivity index (χ3n) is 5.07. The normalized spacial score (nSPS) is 10.8. The number of fused-ring (bicyclic) bond motifs is 1. The Morgan fingerprint density at radius 3 is 2.69 bits per heavy atom. The number of benzene rings is 3. The van der Waals surface area contributed by atoms with Crippen molar-refractivity contribution in [3.63, 3.8) is 0 Å². The van der Waals surface area contributed by atoms with Crippen molar-refractivity contribution in [1.29, 1.82) is 5.26 Å². The molecule has 0 fully saturated rings. The van der Waals surface area contributed by atoms with Gasteiger partial charge in [-0.3, -0.25) is 9.59 Å². The molecular weight excluding hydrogens is 404 g/mol. The van der Waals surface area contributed by atoms with Gasteiger partial charge in [0.1, 0.15) is 18.1 Å². The molecule has 0 saturated carbocycles. The van der Waals surface area contributed by atoms with Crippen molar-refractivity contribution in [2.24, 2.45) is 5.10 Å². The van der Waals surface area contributed by atoms with Crippen LogP contribution in [0.5, 0.6) is 5.75 Å². The largest absolute Gasteiger partial charge is 0.507 e. The third-order valence-corrected chi connectivity index (χ3v) is 5.07. The lowest BCUT2D eigenvalue weighted by atomic mass is 10.1. The Balaban J connectivity index is 1.51. The fourth-order valence-corrected chi connectivity index (χ4v) is 3.39. The number of aromatic hydroxyl groups is 1. The average Bonchev–Trinajstić information content (AvgIpc) is 3.23. The number of hydrazone groups is 1. The van der Waals surface area contributed by atoms with Gasteiger partial charge in [0.05, 0.1) is 11.8 Å². The van der Waals surface area contributed by atoms with E-state index in [0.717, 1.165) is 28.3 Å². The molecular formula is C25H18N4O3. The molecule has 1 amide bonds. The summed E-state index contributed by atoms with van der Waals surface area (Å²) in [5, 5.41) is 23.6. The van der Waals surface area contributed by atoms with E-state index in [1.54, 1.807) is 18.3 Å². The Kier molecular flexibility index (Phi) is 5.77. The zero-order valence-electron chi connectivity index (χ0n) is 16.9. The lowest BCUT2D eigenvalue weighted by Crippen LogP contribution is -2.17. The van der Waals surface area contributed by atoms with Gasteiger partial charge in [-0.15, -0.1) is 0 Å². The molecule has 2 N–H and O–H groups in total. The van der Waals surface area contributed by atoms with Crippen LogP contribution >= 0.6 is 0 Å². The summed E-state index contributed by atoms with van der Waals surface area (Å²) in [6.45, 7) is 0.655. The minimum atomic E-state index is -0.485. The highest BCUT2D eigenvalue weighted by molar-refractivity contribution is 6.00. The number of amides is 1. The van der Waals surface area contributed by atoms with Gasteiger partial charge in [-0.25, -0.2) is 5.43 Å². The minimum absolute atomic E-state index is 0.0218. The molecule has 4 aromatic rings. The zero-order chi connectivity index (χ0) is 22.5. The highest BCUT2D eigenvalue weighted by atomic mass is 16.3. The lowest BCUT2D eigenvalue weighted by Gasteiger charge is -2.07. The first kappa shape index (κ1) is 20.6. The van der Waals surface area contributed by atoms with Gasteiger partial charge in [-0.2, -0.15) is 10.4 Å². The molecule has 0 bridgehead atoms. The zero-order valence-corrected chi connectivity index (χ0v) is 16.9. The molecule has 32 heavy (non-hydrogen) atoms. The molecule has 0 radical (unpaired) electrons. The van der Waals surface area contributed by atoms with Crippen molar-refractivity contribution in [2.75, 3.05) is 0 Å². The van der Waals surface area contributed by atoms with Crippen molar-refractivity contribution >= 4 is 29.3 Å². The van der Waals surface area contributed by atoms with Crippen LogP contribution in [0.4, 0.5) is 0 Å². The first-order valence-corrected chi connectivity index (χ1v) is 9.77. The average molecular weight is 422 g/mol. The molecule has 0 aliphatic carbocycles. The highest BCUT2D eigenvalue weighted by Gasteiger charge is 2.09. The van der Waals surface area contributed by atoms with E-state index in [9.17, 15) is 14.7 Å². The molecule has 1 aromatic heterocycles. The molecule has 0 spiro atoms. The van der Waals surface area contributed by atoms with E-state index in [2.05, 4.69) is 15.1 Å². The number of carbonyl (C=O) groups is 2. The summed E-state index contributed by atoms with van der Waals surface area (Å²) in [4.78, 5) is 23.1. The minimum Gasteiger partial charge on any atom is -0.507 e. The predicted octanol–water partition coefficient (Wildman–Crippen LogP) is 3.84. The van der Waals surface area contributed by atoms with Gasteiger partial charge in [0.2, 0.25) is 0 Å². The maximum Gasteiger partial charge on any atom is 0.271 e. The molecule has 1 heterocycles. The maximum absolute atomic E-state index is 12.3. The van der Waals surface area contributed by atoms with Crippen LogP contribution in [0.25, 0.3) is 10.9 Å². The monoisotopic (exact) mass is 422 g/mol. The van der Waals surface area contributed by atoms with E-state index < -0.39 is 5.91 Å². The van der Waals surface area contributed by atoms with E-state index in [1.807, 2.05) is 48.7 Å². The fourth-order valence-electron chi connectivity index (χ4n) is 3.39. The molecule has 156 valence electrons. The fraction of sp³-hybridized carbons (Fsp3) is 0.0400. The summed E-state index contributed by atoms with van der Waals surface area (Å²) in [6.07, 6.45) is 4.37. The van der Waals surface area contributed by atoms with Gasteiger partial charge in [0, 0.05) is 40.3 Å². The van der Waals surface area contributed by atoms with Crippen LogP contribution in [0.1, 0.15) is 37.4 Å². The summed E-state index contributed by atoms with van der Waals surface area (Å²) in [5.74, 6) is -0.662. The molecule has 7 nitrogen and oxygen atoms in total. The van der Waals surface area contributed by atoms with Crippen molar-refractivity contribution < 1.29 is 14.7 Å². The van der Waals surface area contributed by atoms with Crippen LogP contribution in [0.3, 0.4) is 0 Å². The molecule has 0 saturated heterocycles. The number of phenolic OH excluding ortho intramolecular Hbond substituents is 1. The van der Waals surface area contributed by atoms with E-state index in [1.165, 1.54) is 18.2 Å². The predicted molar refractivity (Wildman–Crippen MR) is 121 cm³/mol. The highest BCUT2D eigenvalue weighted by Crippen LogP contribution is 2.21. The van der Waals surface area contributed by atoms with Gasteiger partial charge in [-0.1, -0.05) is 36.4 Å². The molecule has 0 aliphatic heterocycles. The van der Waals surface area contributed by atoms with Crippen LogP contribution in [-0.2, 0) is 6.54 Å². The molecule has 7 heteroatoms. The van der Waals surface area contributed by atoms with Gasteiger partial charge in [0.15, 0.2) is 0 Å². The first-order chi connectivity index (χ1) is 15.6. The quantitative estimate of drug-likeness (QED) is 0.280. The standard InChI is InChI=1S/C25H18N4O3/c26-13-21-12-19(8-9-24(21)31)25(32)28-27-14-20-2-1-3-23-22(20)10-11-29(23)15-17-4-6-18(16-30)7-5-17/h1-12,14,16,31H,15H2,(H,28,32)/b27-14+. The van der Waals surface area contributed by atoms with E-state index in [-0.39, 0.29) is 16.9 Å². The molecule has 3 aromatic carbocycles. The lowest BCUT2D eigenvalue weighted by molar-refractivity contribution is 0.0954. The summed E-state index contributed by atoms with van der Waals surface area (Å²) < 4.78 is 2.10. The van der Waals surface area contributed by atoms with Crippen molar-refractivity contribution in [1.82, 2.24) is 9.99 Å². The Morgan fingerprint density at radius 1 is 1.12 bits per heavy atom. The summed E-state index contributed by atoms with van der Waals surface area (Å²) >= 11 is 0. The van der Waals surface area contributed by atoms with E-state index in [0.29, 0.717) is 12.1 Å². The van der Waals surface area contributed by atoms with Crippen molar-refractivity contribution in [2.45, 2.75) is 6.54 Å². The van der Waals surface area contributed by atoms with Crippen LogP contribution < -0.4 is 5.43 Å². The van der Waals surface area contributed by atoms with Crippen molar-refractivity contribution in [3.8, 4) is 11.8 Å². The van der Waals surface area contributed by atoms with E-state index in [4.69, 9.17) is 5.26 Å². The third kappa shape index (κ3) is 4.25. The number of nitrogens with one attached hydrogen (secondary N) is 1. The summed E-state index contributed by atoms with van der Waals surface area (Å²) in [5.41, 5.74) is 6.25. The topological polar surface area (TPSA) is 107 Å². The first-order valence-electron chi connectivity index (χ1n) is 9.77. The van der Waals surface area contributed by atoms with Gasteiger partial charge < -0.3 is 9.67 Å². The van der Waals surface area contributed by atoms with Crippen LogP contribution in [0.15, 0.2) is 78.0 Å². The van der Waals surface area contributed by atoms with Crippen LogP contribution in [0, 0.1) is 11.3 Å². The molecule has 0 aliphatic rings. The molecule has 0 atom stereocenters. The number of hydrogen-bond donors (Lipinski definition) is 2. The smallest absolute Gasteiger partial charge is 0.271 e. The second kappa shape index (κ2) is 8.98. The second-order valence-corrected chi connectivity index (χ2v) is 7.13. The number of carbonyl (C=O) groups excluding carboxylic acids is 2. The van der Waals surface area contributed by atoms with Gasteiger partial charge in [-0.05, 0) is 35.9 Å². The second-order valence-electron chi connectivity index (χ2n) is 7.13. The SMILES string of the molecule is N#Cc1cc(C(=O)N/N=C/c2cccc3c2ccn3Cc2ccc(C=O)cc2)ccc1O. The Hall–Kier alpha value is -4.70. The molecule has 0 unspecified atom stereocenters. The van der Waals surface area contributed by atoms with Gasteiger partial charge >= 0.3 is 0 Å². The van der Waals surface area contributed by atoms with Crippen LogP contribution in [0.2, 0.25) is 0 Å². The summed E-state index contributed by atoms with van der Waals surface area (Å²) in [7, 11) is 0. The maximum atomic E-state index is 12.3. The van der Waals surface area contributed by atoms with Gasteiger partial charge in [0.25, 0.3) is 5.91 Å². The number of phenols is 1. The Bertz CT molecular complexity index is 1380. The number of hydrogen-bond acceptors (Lipinski definition) is 5.